The monoisotopic (exact) mass is 259 g/mol. The molecule has 0 amide bonds. The first-order valence-electron chi connectivity index (χ1n) is 5.96. The number of rotatable bonds is 5. The summed E-state index contributed by atoms with van der Waals surface area (Å²) >= 11 is 1.51. The number of carbonyl (C=O) groups excluding carboxylic acids is 1. The van der Waals surface area contributed by atoms with Gasteiger partial charge < -0.3 is 0 Å². The molecule has 0 aliphatic heterocycles. The van der Waals surface area contributed by atoms with Crippen LogP contribution in [0.15, 0.2) is 47.8 Å². The van der Waals surface area contributed by atoms with Gasteiger partial charge in [0.05, 0.1) is 10.9 Å². The Hall–Kier alpha value is -1.45. The highest BCUT2D eigenvalue weighted by molar-refractivity contribution is 7.12. The first kappa shape index (κ1) is 13.0. The van der Waals surface area contributed by atoms with Gasteiger partial charge in [-0.3, -0.25) is 9.69 Å². The van der Waals surface area contributed by atoms with E-state index in [2.05, 4.69) is 12.1 Å². The normalized spacial score (nSPS) is 12.6. The molecule has 2 rings (SSSR count). The summed E-state index contributed by atoms with van der Waals surface area (Å²) in [5, 5.41) is 1.95. The van der Waals surface area contributed by atoms with Crippen molar-refractivity contribution in [1.29, 1.82) is 0 Å². The van der Waals surface area contributed by atoms with Crippen molar-refractivity contribution in [1.82, 2.24) is 4.90 Å². The van der Waals surface area contributed by atoms with Gasteiger partial charge in [0, 0.05) is 0 Å². The number of benzene rings is 1. The van der Waals surface area contributed by atoms with Gasteiger partial charge >= 0.3 is 0 Å². The Morgan fingerprint density at radius 3 is 2.44 bits per heavy atom. The largest absolute Gasteiger partial charge is 0.299 e. The molecule has 94 valence electrons. The smallest absolute Gasteiger partial charge is 0.190 e. The minimum Gasteiger partial charge on any atom is -0.299 e. The number of ketones is 1. The van der Waals surface area contributed by atoms with E-state index in [4.69, 9.17) is 0 Å². The van der Waals surface area contributed by atoms with Crippen LogP contribution in [-0.2, 0) is 6.42 Å². The van der Waals surface area contributed by atoms with E-state index in [0.717, 1.165) is 11.3 Å². The van der Waals surface area contributed by atoms with Gasteiger partial charge in [-0.15, -0.1) is 11.3 Å². The maximum Gasteiger partial charge on any atom is 0.190 e. The molecular weight excluding hydrogens is 242 g/mol. The van der Waals surface area contributed by atoms with Gasteiger partial charge in [0.2, 0.25) is 0 Å². The molecule has 0 aliphatic carbocycles. The van der Waals surface area contributed by atoms with Crippen molar-refractivity contribution in [2.75, 3.05) is 14.1 Å². The summed E-state index contributed by atoms with van der Waals surface area (Å²) in [4.78, 5) is 15.3. The van der Waals surface area contributed by atoms with Gasteiger partial charge in [-0.1, -0.05) is 36.4 Å². The molecule has 1 atom stereocenters. The Labute approximate surface area is 112 Å². The number of Topliss-reactive ketones (excluding diaryl/α,β-unsaturated/α-hetero) is 1. The first-order chi connectivity index (χ1) is 8.68. The van der Waals surface area contributed by atoms with Crippen LogP contribution in [0.5, 0.6) is 0 Å². The molecule has 0 spiro atoms. The molecular formula is C15H17NOS. The number of likely N-dealkylation sites (N-methyl/N-ethyl adjacent to an activating group) is 1. The molecule has 1 heterocycles. The van der Waals surface area contributed by atoms with Gasteiger partial charge in [-0.25, -0.2) is 0 Å². The number of carbonyl (C=O) groups is 1. The summed E-state index contributed by atoms with van der Waals surface area (Å²) in [5.41, 5.74) is 1.20. The Balaban J connectivity index is 2.17. The quantitative estimate of drug-likeness (QED) is 0.769. The lowest BCUT2D eigenvalue weighted by atomic mass is 10.0. The highest BCUT2D eigenvalue weighted by Gasteiger charge is 2.23. The van der Waals surface area contributed by atoms with Crippen LogP contribution >= 0.6 is 11.3 Å². The third-order valence-electron chi connectivity index (χ3n) is 2.96. The summed E-state index contributed by atoms with van der Waals surface area (Å²) in [7, 11) is 3.91. The van der Waals surface area contributed by atoms with E-state index >= 15 is 0 Å². The van der Waals surface area contributed by atoms with Crippen molar-refractivity contribution in [2.24, 2.45) is 0 Å². The van der Waals surface area contributed by atoms with Gasteiger partial charge in [0.1, 0.15) is 0 Å². The van der Waals surface area contributed by atoms with E-state index in [-0.39, 0.29) is 11.8 Å². The second kappa shape index (κ2) is 5.94. The second-order valence-electron chi connectivity index (χ2n) is 4.51. The van der Waals surface area contributed by atoms with Crippen molar-refractivity contribution >= 4 is 17.1 Å². The van der Waals surface area contributed by atoms with Gasteiger partial charge in [-0.05, 0) is 37.5 Å². The minimum absolute atomic E-state index is 0.0916. The van der Waals surface area contributed by atoms with Crippen molar-refractivity contribution < 1.29 is 4.79 Å². The lowest BCUT2D eigenvalue weighted by Crippen LogP contribution is -2.37. The zero-order valence-electron chi connectivity index (χ0n) is 10.7. The van der Waals surface area contributed by atoms with Crippen LogP contribution in [0, 0.1) is 0 Å². The fraction of sp³-hybridized carbons (Fsp3) is 0.267. The number of nitrogens with zero attached hydrogens (tertiary/aromatic N) is 1. The van der Waals surface area contributed by atoms with E-state index in [1.807, 2.05) is 54.7 Å². The predicted octanol–water partition coefficient (Wildman–Crippen LogP) is 3.10. The van der Waals surface area contributed by atoms with Crippen LogP contribution in [0.2, 0.25) is 0 Å². The molecule has 0 bridgehead atoms. The van der Waals surface area contributed by atoms with Crippen LogP contribution < -0.4 is 0 Å². The molecule has 1 aromatic heterocycles. The summed E-state index contributed by atoms with van der Waals surface area (Å²) in [6.07, 6.45) is 0.755. The Morgan fingerprint density at radius 1 is 1.17 bits per heavy atom. The average molecular weight is 259 g/mol. The second-order valence-corrected chi connectivity index (χ2v) is 5.46. The number of hydrogen-bond acceptors (Lipinski definition) is 3. The van der Waals surface area contributed by atoms with E-state index in [9.17, 15) is 4.79 Å². The van der Waals surface area contributed by atoms with E-state index in [0.29, 0.717) is 0 Å². The SMILES string of the molecule is CN(C)[C@H](Cc1ccccc1)C(=O)c1cccs1. The molecule has 0 saturated heterocycles. The summed E-state index contributed by atoms with van der Waals surface area (Å²) in [6.45, 7) is 0. The topological polar surface area (TPSA) is 20.3 Å². The van der Waals surface area contributed by atoms with E-state index in [1.54, 1.807) is 0 Å². The molecule has 2 aromatic rings. The maximum absolute atomic E-state index is 12.4. The van der Waals surface area contributed by atoms with Crippen LogP contribution in [-0.4, -0.2) is 30.8 Å². The Bertz CT molecular complexity index is 490. The molecule has 18 heavy (non-hydrogen) atoms. The fourth-order valence-electron chi connectivity index (χ4n) is 1.93. The van der Waals surface area contributed by atoms with Crippen molar-refractivity contribution in [2.45, 2.75) is 12.5 Å². The third-order valence-corrected chi connectivity index (χ3v) is 3.85. The zero-order valence-corrected chi connectivity index (χ0v) is 11.5. The van der Waals surface area contributed by atoms with Crippen LogP contribution in [0.3, 0.4) is 0 Å². The molecule has 2 nitrogen and oxygen atoms in total. The Kier molecular flexibility index (Phi) is 4.28. The molecule has 0 aliphatic rings. The standard InChI is InChI=1S/C15H17NOS/c1-16(2)13(11-12-7-4-3-5-8-12)15(17)14-9-6-10-18-14/h3-10,13H,11H2,1-2H3/t13-/m1/s1. The molecule has 0 N–H and O–H groups in total. The lowest BCUT2D eigenvalue weighted by molar-refractivity contribution is 0.0879. The maximum atomic E-state index is 12.4. The van der Waals surface area contributed by atoms with Crippen LogP contribution in [0.25, 0.3) is 0 Å². The molecule has 0 saturated carbocycles. The van der Waals surface area contributed by atoms with E-state index < -0.39 is 0 Å². The molecule has 0 unspecified atom stereocenters. The molecule has 1 aromatic carbocycles. The molecule has 0 fully saturated rings. The van der Waals surface area contributed by atoms with Gasteiger partial charge in [0.25, 0.3) is 0 Å². The predicted molar refractivity (Wildman–Crippen MR) is 76.3 cm³/mol. The highest BCUT2D eigenvalue weighted by atomic mass is 32.1. The van der Waals surface area contributed by atoms with Crippen molar-refractivity contribution in [3.63, 3.8) is 0 Å². The van der Waals surface area contributed by atoms with E-state index in [1.165, 1.54) is 16.9 Å². The summed E-state index contributed by atoms with van der Waals surface area (Å²) in [6, 6.07) is 13.9. The number of hydrogen-bond donors (Lipinski definition) is 0. The van der Waals surface area contributed by atoms with Crippen molar-refractivity contribution in [3.8, 4) is 0 Å². The van der Waals surface area contributed by atoms with Crippen molar-refractivity contribution in [3.05, 3.63) is 58.3 Å². The third kappa shape index (κ3) is 3.06. The summed E-state index contributed by atoms with van der Waals surface area (Å²) < 4.78 is 0. The highest BCUT2D eigenvalue weighted by Crippen LogP contribution is 2.16. The van der Waals surface area contributed by atoms with Crippen LogP contribution in [0.4, 0.5) is 0 Å². The fourth-order valence-corrected chi connectivity index (χ4v) is 2.64. The van der Waals surface area contributed by atoms with Gasteiger partial charge in [0.15, 0.2) is 5.78 Å². The zero-order chi connectivity index (χ0) is 13.0. The lowest BCUT2D eigenvalue weighted by Gasteiger charge is -2.22. The van der Waals surface area contributed by atoms with Crippen LogP contribution in [0.1, 0.15) is 15.2 Å². The van der Waals surface area contributed by atoms with Gasteiger partial charge in [-0.2, -0.15) is 0 Å². The summed E-state index contributed by atoms with van der Waals surface area (Å²) in [5.74, 6) is 0.207. The average Bonchev–Trinajstić information content (AvgIpc) is 2.90. The molecule has 0 radical (unpaired) electrons. The number of thiophene rings is 1. The first-order valence-corrected chi connectivity index (χ1v) is 6.84. The molecule has 3 heteroatoms. The Morgan fingerprint density at radius 2 is 1.89 bits per heavy atom. The minimum atomic E-state index is -0.0916.